The maximum Gasteiger partial charge on any atom is 0.273 e. The van der Waals surface area contributed by atoms with Crippen LogP contribution in [0.2, 0.25) is 0 Å². The van der Waals surface area contributed by atoms with Gasteiger partial charge in [-0.15, -0.1) is 13.2 Å². The van der Waals surface area contributed by atoms with Gasteiger partial charge < -0.3 is 9.80 Å². The van der Waals surface area contributed by atoms with Crippen LogP contribution in [0.5, 0.6) is 0 Å². The van der Waals surface area contributed by atoms with Crippen molar-refractivity contribution in [3.63, 3.8) is 0 Å². The number of benzene rings is 1. The van der Waals surface area contributed by atoms with E-state index in [9.17, 15) is 4.79 Å². The van der Waals surface area contributed by atoms with Gasteiger partial charge in [0, 0.05) is 25.3 Å². The minimum absolute atomic E-state index is 0.105. The highest BCUT2D eigenvalue weighted by molar-refractivity contribution is 5.93. The minimum Gasteiger partial charge on any atom is -0.330 e. The number of pyridine rings is 1. The van der Waals surface area contributed by atoms with Crippen LogP contribution in [0.4, 0.5) is 11.5 Å². The van der Waals surface area contributed by atoms with Crippen molar-refractivity contribution >= 4 is 17.4 Å². The first-order chi connectivity index (χ1) is 12.2. The maximum absolute atomic E-state index is 12.8. The van der Waals surface area contributed by atoms with E-state index in [4.69, 9.17) is 0 Å². The van der Waals surface area contributed by atoms with E-state index in [1.54, 1.807) is 23.1 Å². The molecule has 0 radical (unpaired) electrons. The minimum atomic E-state index is -0.105. The highest BCUT2D eigenvalue weighted by Gasteiger charge is 2.21. The molecule has 2 aromatic rings. The zero-order chi connectivity index (χ0) is 17.6. The summed E-state index contributed by atoms with van der Waals surface area (Å²) in [6, 6.07) is 14.0. The lowest BCUT2D eigenvalue weighted by Gasteiger charge is -2.30. The van der Waals surface area contributed by atoms with Crippen molar-refractivity contribution in [3.05, 3.63) is 79.0 Å². The number of carbonyl (C=O) groups is 1. The number of para-hydroxylation sites is 1. The van der Waals surface area contributed by atoms with E-state index in [0.717, 1.165) is 25.2 Å². The molecule has 2 heterocycles. The maximum atomic E-state index is 12.8. The van der Waals surface area contributed by atoms with Crippen molar-refractivity contribution in [2.24, 2.45) is 0 Å². The molecule has 25 heavy (non-hydrogen) atoms. The van der Waals surface area contributed by atoms with Crippen molar-refractivity contribution < 1.29 is 4.79 Å². The summed E-state index contributed by atoms with van der Waals surface area (Å²) in [6.07, 6.45) is 5.59. The molecule has 128 valence electrons. The van der Waals surface area contributed by atoms with E-state index >= 15 is 0 Å². The highest BCUT2D eigenvalue weighted by atomic mass is 16.2. The monoisotopic (exact) mass is 333 g/mol. The number of amides is 1. The van der Waals surface area contributed by atoms with Crippen molar-refractivity contribution in [1.29, 1.82) is 0 Å². The van der Waals surface area contributed by atoms with E-state index in [1.165, 1.54) is 11.3 Å². The van der Waals surface area contributed by atoms with E-state index < -0.39 is 0 Å². The molecule has 0 unspecified atom stereocenters. The van der Waals surface area contributed by atoms with Crippen LogP contribution in [0, 0.1) is 0 Å². The molecule has 0 saturated heterocycles. The number of carbonyl (C=O) groups excluding carboxylic acids is 1. The van der Waals surface area contributed by atoms with E-state index in [2.05, 4.69) is 41.2 Å². The van der Waals surface area contributed by atoms with Crippen LogP contribution in [0.1, 0.15) is 22.5 Å². The average Bonchev–Trinajstić information content (AvgIpc) is 2.67. The van der Waals surface area contributed by atoms with Gasteiger partial charge in [0.2, 0.25) is 0 Å². The van der Waals surface area contributed by atoms with Crippen LogP contribution in [-0.4, -0.2) is 35.4 Å². The Bertz CT molecular complexity index is 774. The predicted molar refractivity (Wildman–Crippen MR) is 102 cm³/mol. The lowest BCUT2D eigenvalue weighted by molar-refractivity contribution is 0.0785. The molecule has 4 nitrogen and oxygen atoms in total. The van der Waals surface area contributed by atoms with Crippen LogP contribution in [0.3, 0.4) is 0 Å². The molecule has 0 N–H and O–H groups in total. The number of hydrogen-bond donors (Lipinski definition) is 0. The first kappa shape index (κ1) is 17.0. The largest absolute Gasteiger partial charge is 0.330 e. The normalized spacial score (nSPS) is 13.0. The summed E-state index contributed by atoms with van der Waals surface area (Å²) in [6.45, 7) is 9.29. The molecular formula is C21H23N3O. The van der Waals surface area contributed by atoms with Crippen LogP contribution in [0.25, 0.3) is 0 Å². The number of nitrogens with zero attached hydrogens (tertiary/aromatic N) is 3. The van der Waals surface area contributed by atoms with Gasteiger partial charge in [-0.05, 0) is 36.6 Å². The van der Waals surface area contributed by atoms with E-state index in [1.807, 2.05) is 18.2 Å². The van der Waals surface area contributed by atoms with Crippen LogP contribution < -0.4 is 4.90 Å². The number of aryl methyl sites for hydroxylation is 1. The van der Waals surface area contributed by atoms with Gasteiger partial charge in [-0.25, -0.2) is 4.98 Å². The second kappa shape index (κ2) is 7.79. The third-order valence-corrected chi connectivity index (χ3v) is 4.33. The molecule has 0 bridgehead atoms. The van der Waals surface area contributed by atoms with Gasteiger partial charge >= 0.3 is 0 Å². The Morgan fingerprint density at radius 2 is 1.88 bits per heavy atom. The SMILES string of the molecule is C=CCN(CC=C)C(=O)c1cccc(N2CCCc3ccccc32)n1. The Labute approximate surface area is 149 Å². The lowest BCUT2D eigenvalue weighted by Crippen LogP contribution is -2.32. The molecule has 1 aromatic carbocycles. The molecule has 3 rings (SSSR count). The summed E-state index contributed by atoms with van der Waals surface area (Å²) in [4.78, 5) is 21.3. The number of anilines is 2. The Kier molecular flexibility index (Phi) is 5.29. The summed E-state index contributed by atoms with van der Waals surface area (Å²) in [5.74, 6) is 0.710. The molecule has 1 aliphatic rings. The highest BCUT2D eigenvalue weighted by Crippen LogP contribution is 2.32. The molecule has 0 fully saturated rings. The number of aromatic nitrogens is 1. The van der Waals surface area contributed by atoms with Gasteiger partial charge in [0.25, 0.3) is 5.91 Å². The average molecular weight is 333 g/mol. The molecule has 4 heteroatoms. The van der Waals surface area contributed by atoms with Gasteiger partial charge in [-0.3, -0.25) is 4.79 Å². The quantitative estimate of drug-likeness (QED) is 0.750. The van der Waals surface area contributed by atoms with Crippen LogP contribution in [0.15, 0.2) is 67.8 Å². The van der Waals surface area contributed by atoms with Crippen molar-refractivity contribution in [2.75, 3.05) is 24.5 Å². The molecule has 0 atom stereocenters. The summed E-state index contributed by atoms with van der Waals surface area (Å²) in [5, 5.41) is 0. The van der Waals surface area contributed by atoms with Gasteiger partial charge in [-0.1, -0.05) is 36.4 Å². The topological polar surface area (TPSA) is 36.4 Å². The first-order valence-corrected chi connectivity index (χ1v) is 8.58. The fourth-order valence-corrected chi connectivity index (χ4v) is 3.18. The lowest BCUT2D eigenvalue weighted by atomic mass is 10.0. The zero-order valence-electron chi connectivity index (χ0n) is 14.4. The van der Waals surface area contributed by atoms with Crippen molar-refractivity contribution in [3.8, 4) is 0 Å². The van der Waals surface area contributed by atoms with Gasteiger partial charge in [0.1, 0.15) is 11.5 Å². The van der Waals surface area contributed by atoms with Gasteiger partial charge in [0.05, 0.1) is 0 Å². The number of fused-ring (bicyclic) bond motifs is 1. The zero-order valence-corrected chi connectivity index (χ0v) is 14.4. The molecule has 1 aliphatic heterocycles. The summed E-state index contributed by atoms with van der Waals surface area (Å²) >= 11 is 0. The summed E-state index contributed by atoms with van der Waals surface area (Å²) in [5.41, 5.74) is 2.95. The van der Waals surface area contributed by atoms with Gasteiger partial charge in [-0.2, -0.15) is 0 Å². The fourth-order valence-electron chi connectivity index (χ4n) is 3.18. The molecule has 1 amide bonds. The molecule has 0 saturated carbocycles. The fraction of sp³-hybridized carbons (Fsp3) is 0.238. The Balaban J connectivity index is 1.91. The van der Waals surface area contributed by atoms with Crippen molar-refractivity contribution in [2.45, 2.75) is 12.8 Å². The third kappa shape index (κ3) is 3.63. The predicted octanol–water partition coefficient (Wildman–Crippen LogP) is 3.98. The first-order valence-electron chi connectivity index (χ1n) is 8.58. The molecular weight excluding hydrogens is 310 g/mol. The smallest absolute Gasteiger partial charge is 0.273 e. The number of rotatable bonds is 6. The number of hydrogen-bond acceptors (Lipinski definition) is 3. The standard InChI is InChI=1S/C21H23N3O/c1-3-14-23(15-4-2)21(25)18-11-7-13-20(22-18)24-16-8-10-17-9-5-6-12-19(17)24/h3-7,9,11-13H,1-2,8,10,14-16H2. The van der Waals surface area contributed by atoms with Crippen LogP contribution in [-0.2, 0) is 6.42 Å². The van der Waals surface area contributed by atoms with Crippen LogP contribution >= 0.6 is 0 Å². The Morgan fingerprint density at radius 1 is 1.12 bits per heavy atom. The van der Waals surface area contributed by atoms with E-state index in [-0.39, 0.29) is 5.91 Å². The van der Waals surface area contributed by atoms with E-state index in [0.29, 0.717) is 18.8 Å². The van der Waals surface area contributed by atoms with Gasteiger partial charge in [0.15, 0.2) is 0 Å². The summed E-state index contributed by atoms with van der Waals surface area (Å²) in [7, 11) is 0. The molecule has 0 spiro atoms. The van der Waals surface area contributed by atoms with Crippen molar-refractivity contribution in [1.82, 2.24) is 9.88 Å². The second-order valence-corrected chi connectivity index (χ2v) is 6.05. The molecule has 1 aromatic heterocycles. The second-order valence-electron chi connectivity index (χ2n) is 6.05. The molecule has 0 aliphatic carbocycles. The Hall–Kier alpha value is -2.88. The third-order valence-electron chi connectivity index (χ3n) is 4.33. The summed E-state index contributed by atoms with van der Waals surface area (Å²) < 4.78 is 0. The Morgan fingerprint density at radius 3 is 2.64 bits per heavy atom.